The summed E-state index contributed by atoms with van der Waals surface area (Å²) in [6.45, 7) is 2.72. The molecular formula is C85H72F12N12O10. The Bertz CT molecular complexity index is 5980. The first-order chi connectivity index (χ1) is 56.8. The molecule has 0 saturated carbocycles. The Balaban J connectivity index is 0.000000137. The number of aryl methyl sites for hydroxylation is 4. The number of rotatable bonds is 20. The van der Waals surface area contributed by atoms with Gasteiger partial charge in [-0.05, 0) is 211 Å². The number of hydrogen-bond donors (Lipinski definition) is 13. The van der Waals surface area contributed by atoms with Crippen LogP contribution in [0.4, 0.5) is 52.7 Å². The Morgan fingerprint density at radius 1 is 0.395 bits per heavy atom. The summed E-state index contributed by atoms with van der Waals surface area (Å²) in [6.07, 6.45) is 0.307. The van der Waals surface area contributed by atoms with Crippen molar-refractivity contribution in [2.75, 3.05) is 19.6 Å². The molecule has 0 aliphatic carbocycles. The molecule has 0 radical (unpaired) electrons. The van der Waals surface area contributed by atoms with Crippen LogP contribution in [0.1, 0.15) is 74.1 Å². The van der Waals surface area contributed by atoms with Gasteiger partial charge in [0.2, 0.25) is 53.2 Å². The zero-order valence-corrected chi connectivity index (χ0v) is 62.7. The lowest BCUT2D eigenvalue weighted by Crippen LogP contribution is -2.51. The number of aliphatic hydroxyl groups is 1. The fraction of sp³-hybridized carbons (Fsp3) is 0.235. The molecule has 4 aliphatic heterocycles. The van der Waals surface area contributed by atoms with Crippen molar-refractivity contribution in [2.24, 2.45) is 0 Å². The molecule has 4 fully saturated rings. The van der Waals surface area contributed by atoms with Crippen LogP contribution in [0.25, 0.3) is 88.6 Å². The SMILES string of the molecule is CC1(NC(=O)CCc2c(-c3ccc(F)cc3)[nH]c3c(F)cc(F)cc23)CCNC1=O.O=C(CCc1c(-c2ccc(F)cc2)[nH]c2c(F)cc(F)cc12)N[C@@H]1CCNC1=O.O=C(CCc1c(-c2ccc(F)cc2)[nH]c2c(F)cc(F)cc12)N[C@H]1C(=O)NC[C@H]1O.O=C1C[C@@H](NC(=O)CCc2c(-c3ccc(F)cc3)[nH]c3c(F)cc(F)cc23)C(=O)N1. The Morgan fingerprint density at radius 3 is 1.03 bits per heavy atom. The van der Waals surface area contributed by atoms with Crippen LogP contribution in [-0.2, 0) is 68.8 Å². The largest absolute Gasteiger partial charge is 0.389 e. The number of amides is 9. The van der Waals surface area contributed by atoms with Crippen LogP contribution in [0.5, 0.6) is 0 Å². The lowest BCUT2D eigenvalue weighted by molar-refractivity contribution is -0.130. The number of carbonyl (C=O) groups is 9. The van der Waals surface area contributed by atoms with Crippen molar-refractivity contribution >= 4 is 96.8 Å². The van der Waals surface area contributed by atoms with Crippen LogP contribution in [0.3, 0.4) is 0 Å². The number of hydrogen-bond acceptors (Lipinski definition) is 10. The molecule has 16 rings (SSSR count). The van der Waals surface area contributed by atoms with Crippen LogP contribution in [-0.4, -0.2) is 128 Å². The molecule has 0 bridgehead atoms. The van der Waals surface area contributed by atoms with E-state index < -0.39 is 129 Å². The molecule has 1 unspecified atom stereocenters. The first-order valence-electron chi connectivity index (χ1n) is 37.4. The molecule has 616 valence electrons. The predicted octanol–water partition coefficient (Wildman–Crippen LogP) is 11.6. The van der Waals surface area contributed by atoms with Gasteiger partial charge in [0.05, 0.1) is 28.5 Å². The van der Waals surface area contributed by atoms with Gasteiger partial charge in [-0.3, -0.25) is 48.5 Å². The van der Waals surface area contributed by atoms with E-state index in [1.54, 1.807) is 6.92 Å². The highest BCUT2D eigenvalue weighted by Crippen LogP contribution is 2.39. The van der Waals surface area contributed by atoms with Crippen molar-refractivity contribution in [1.29, 1.82) is 0 Å². The van der Waals surface area contributed by atoms with Crippen LogP contribution in [0.15, 0.2) is 146 Å². The number of β-amino-alcohol motifs (C(OH)–C–C–N with tert-alkyl or cyclic N) is 1. The summed E-state index contributed by atoms with van der Waals surface area (Å²) in [6, 6.07) is 27.4. The van der Waals surface area contributed by atoms with E-state index in [0.717, 1.165) is 30.3 Å². The maximum atomic E-state index is 14.3. The van der Waals surface area contributed by atoms with E-state index in [2.05, 4.69) is 62.5 Å². The maximum Gasteiger partial charge on any atom is 0.249 e. The third-order valence-corrected chi connectivity index (χ3v) is 20.7. The van der Waals surface area contributed by atoms with E-state index in [1.165, 1.54) is 115 Å². The first-order valence-corrected chi connectivity index (χ1v) is 37.4. The summed E-state index contributed by atoms with van der Waals surface area (Å²) in [7, 11) is 0. The van der Waals surface area contributed by atoms with Gasteiger partial charge in [0.15, 0.2) is 0 Å². The quantitative estimate of drug-likeness (QED) is 0.0253. The highest BCUT2D eigenvalue weighted by atomic mass is 19.2. The zero-order chi connectivity index (χ0) is 84.8. The highest BCUT2D eigenvalue weighted by Gasteiger charge is 2.40. The second kappa shape index (κ2) is 35.5. The molecule has 12 aromatic rings. The minimum atomic E-state index is -1.04. The summed E-state index contributed by atoms with van der Waals surface area (Å²) in [5.74, 6) is -11.4. The molecule has 9 amide bonds. The number of imide groups is 1. The monoisotopic (exact) mass is 1650 g/mol. The van der Waals surface area contributed by atoms with Crippen LogP contribution in [0, 0.1) is 69.8 Å². The van der Waals surface area contributed by atoms with Gasteiger partial charge in [-0.1, -0.05) is 0 Å². The molecule has 8 heterocycles. The lowest BCUT2D eigenvalue weighted by atomic mass is 9.98. The number of aromatic amines is 4. The van der Waals surface area contributed by atoms with Crippen molar-refractivity contribution in [3.63, 3.8) is 0 Å². The smallest absolute Gasteiger partial charge is 0.249 e. The molecule has 4 saturated heterocycles. The van der Waals surface area contributed by atoms with Crippen molar-refractivity contribution in [3.8, 4) is 45.0 Å². The predicted molar refractivity (Wildman–Crippen MR) is 412 cm³/mol. The van der Waals surface area contributed by atoms with Crippen molar-refractivity contribution in [2.45, 2.75) is 107 Å². The Kier molecular flexibility index (Phi) is 24.9. The summed E-state index contributed by atoms with van der Waals surface area (Å²) < 4.78 is 166. The van der Waals surface area contributed by atoms with Gasteiger partial charge in [-0.15, -0.1) is 0 Å². The number of aliphatic hydroxyl groups excluding tert-OH is 1. The Morgan fingerprint density at radius 2 is 0.731 bits per heavy atom. The van der Waals surface area contributed by atoms with Gasteiger partial charge in [-0.25, -0.2) is 52.7 Å². The fourth-order valence-electron chi connectivity index (χ4n) is 14.7. The average Bonchev–Trinajstić information content (AvgIpc) is 1.64. The summed E-state index contributed by atoms with van der Waals surface area (Å²) in [4.78, 5) is 119. The highest BCUT2D eigenvalue weighted by molar-refractivity contribution is 6.07. The molecule has 22 nitrogen and oxygen atoms in total. The lowest BCUT2D eigenvalue weighted by Gasteiger charge is -2.22. The number of aromatic nitrogens is 4. The van der Waals surface area contributed by atoms with Crippen molar-refractivity contribution in [1.82, 2.24) is 62.5 Å². The third-order valence-electron chi connectivity index (χ3n) is 20.7. The second-order valence-electron chi connectivity index (χ2n) is 28.9. The molecule has 0 spiro atoms. The van der Waals surface area contributed by atoms with Gasteiger partial charge in [0, 0.05) is 114 Å². The van der Waals surface area contributed by atoms with Crippen molar-refractivity contribution < 1.29 is 101 Å². The second-order valence-corrected chi connectivity index (χ2v) is 28.9. The number of nitrogens with one attached hydrogen (secondary N) is 12. The number of benzene rings is 8. The van der Waals surface area contributed by atoms with Crippen LogP contribution in [0.2, 0.25) is 0 Å². The van der Waals surface area contributed by atoms with Gasteiger partial charge < -0.3 is 62.3 Å². The molecule has 4 aromatic heterocycles. The van der Waals surface area contributed by atoms with E-state index in [4.69, 9.17) is 0 Å². The molecular weight excluding hydrogens is 1580 g/mol. The number of fused-ring (bicyclic) bond motifs is 4. The van der Waals surface area contributed by atoms with Gasteiger partial charge in [-0.2, -0.15) is 0 Å². The van der Waals surface area contributed by atoms with E-state index >= 15 is 0 Å². The van der Waals surface area contributed by atoms with Crippen molar-refractivity contribution in [3.05, 3.63) is 238 Å². The number of halogens is 12. The summed E-state index contributed by atoms with van der Waals surface area (Å²) in [5.41, 5.74) is 5.65. The average molecular weight is 1650 g/mol. The normalized spacial score (nSPS) is 17.4. The van der Waals surface area contributed by atoms with Crippen LogP contribution >= 0.6 is 0 Å². The zero-order valence-electron chi connectivity index (χ0n) is 62.7. The maximum absolute atomic E-state index is 14.3. The Labute approximate surface area is 667 Å². The molecule has 5 atom stereocenters. The third kappa shape index (κ3) is 19.1. The van der Waals surface area contributed by atoms with E-state index in [-0.39, 0.29) is 121 Å². The summed E-state index contributed by atoms with van der Waals surface area (Å²) >= 11 is 0. The Hall–Kier alpha value is -13.5. The summed E-state index contributed by atoms with van der Waals surface area (Å²) in [5, 5.41) is 31.2. The molecule has 13 N–H and O–H groups in total. The topological polar surface area (TPSA) is 333 Å². The number of H-pyrrole nitrogens is 4. The van der Waals surface area contributed by atoms with Gasteiger partial charge in [0.1, 0.15) is 99.6 Å². The molecule has 119 heavy (non-hydrogen) atoms. The standard InChI is InChI=1S/C22H20F3N3O2.C21H18F3N3O3.C21H16F3N3O3.C21H18F3N3O2/c1-22(8-9-26-21(22)30)28-18(29)7-6-15-16-10-14(24)11-17(25)20(16)27-19(15)12-2-4-13(23)5-3-12;22-11-3-1-10(2-4-11)18-13(14-7-12(23)8-15(24)19(14)27-18)5-6-17(29)26-20-16(28)9-25-21(20)30;22-11-3-1-10(2-4-11)19-13(14-7-12(23)8-15(24)20(14)27-19)5-6-17(28)25-16-9-18(29)26-21(16)30;22-12-3-1-11(2-4-12)19-14(15-9-13(23)10-16(24)20(15)27-19)5-6-18(28)26-17-7-8-25-21(17)29/h2-5,10-11,27H,6-9H2,1H3,(H,26,30)(H,28,29);1-4,7-8,16,20,27-28H,5-6,9H2,(H,25,30)(H,26,29);1-4,7-8,16,27H,5-6,9H2,(H,25,28)(H,26,29,30);1-4,9-10,17,27H,5-8H2,(H,25,29)(H,26,28)/t;16-,20-;16-;17-/m.111/s1. The van der Waals surface area contributed by atoms with E-state index in [9.17, 15) is 101 Å². The van der Waals surface area contributed by atoms with Gasteiger partial charge in [0.25, 0.3) is 0 Å². The van der Waals surface area contributed by atoms with E-state index in [0.29, 0.717) is 104 Å². The molecule has 34 heteroatoms. The minimum Gasteiger partial charge on any atom is -0.389 e. The van der Waals surface area contributed by atoms with Crippen LogP contribution < -0.4 is 42.5 Å². The molecule has 8 aromatic carbocycles. The van der Waals surface area contributed by atoms with Gasteiger partial charge >= 0.3 is 0 Å². The molecule has 4 aliphatic rings. The first kappa shape index (κ1) is 83.4. The fourth-order valence-corrected chi connectivity index (χ4v) is 14.7. The number of carbonyl (C=O) groups excluding carboxylic acids is 9. The minimum absolute atomic E-state index is 0.0160. The van der Waals surface area contributed by atoms with E-state index in [1.807, 2.05) is 0 Å².